The van der Waals surface area contributed by atoms with Crippen molar-refractivity contribution in [1.82, 2.24) is 14.7 Å². The maximum Gasteiger partial charge on any atom is 0.227 e. The van der Waals surface area contributed by atoms with Gasteiger partial charge in [0.15, 0.2) is 17.5 Å². The summed E-state index contributed by atoms with van der Waals surface area (Å²) in [5, 5.41) is 4.04. The van der Waals surface area contributed by atoms with Crippen LogP contribution in [0.15, 0.2) is 34.9 Å². The maximum absolute atomic E-state index is 14.2. The fourth-order valence-electron chi connectivity index (χ4n) is 5.87. The van der Waals surface area contributed by atoms with E-state index in [0.717, 1.165) is 34.5 Å². The van der Waals surface area contributed by atoms with E-state index in [-0.39, 0.29) is 35.6 Å². The number of fused-ring (bicyclic) bond motifs is 1. The quantitative estimate of drug-likeness (QED) is 0.270. The van der Waals surface area contributed by atoms with Gasteiger partial charge in [-0.15, -0.1) is 0 Å². The Hall–Kier alpha value is -3.35. The zero-order chi connectivity index (χ0) is 27.6. The fraction of sp³-hybridized carbons (Fsp3) is 0.370. The molecule has 2 aromatic heterocycles. The third-order valence-corrected chi connectivity index (χ3v) is 9.50. The Balaban J connectivity index is 1.51. The van der Waals surface area contributed by atoms with E-state index in [2.05, 4.69) is 5.16 Å². The molecule has 2 N–H and O–H groups in total. The van der Waals surface area contributed by atoms with E-state index >= 15 is 0 Å². The molecule has 1 amide bonds. The van der Waals surface area contributed by atoms with Gasteiger partial charge in [0.05, 0.1) is 28.5 Å². The summed E-state index contributed by atoms with van der Waals surface area (Å²) < 4.78 is 69.9. The predicted octanol–water partition coefficient (Wildman–Crippen LogP) is 6.68. The molecule has 0 spiro atoms. The number of hydrogen-bond donors (Lipinski definition) is 2. The van der Waals surface area contributed by atoms with Crippen molar-refractivity contribution in [2.24, 2.45) is 0 Å². The molecule has 0 unspecified atom stereocenters. The van der Waals surface area contributed by atoms with Crippen molar-refractivity contribution < 1.29 is 31.6 Å². The number of imidazole rings is 1. The van der Waals surface area contributed by atoms with Gasteiger partial charge in [-0.2, -0.15) is 10.6 Å². The van der Waals surface area contributed by atoms with Gasteiger partial charge in [0.1, 0.15) is 11.6 Å². The van der Waals surface area contributed by atoms with Crippen molar-refractivity contribution in [3.8, 4) is 11.1 Å². The molecule has 2 saturated heterocycles. The molecule has 2 fully saturated rings. The minimum absolute atomic E-state index is 0.0771. The number of hydrogen-bond acceptors (Lipinski definition) is 6. The zero-order valence-electron chi connectivity index (χ0n) is 21.3. The average Bonchev–Trinajstić information content (AvgIpc) is 3.56. The number of halogens is 3. The average molecular weight is 561 g/mol. The van der Waals surface area contributed by atoms with Crippen LogP contribution < -0.4 is 4.90 Å². The summed E-state index contributed by atoms with van der Waals surface area (Å²) in [6.07, 6.45) is 1.46. The molecule has 2 aliphatic rings. The Kier molecular flexibility index (Phi) is 6.23. The van der Waals surface area contributed by atoms with E-state index in [9.17, 15) is 27.1 Å². The summed E-state index contributed by atoms with van der Waals surface area (Å²) in [7, 11) is -2.65. The number of aryl methyl sites for hydroxylation is 2. The normalized spacial score (nSPS) is 20.7. The summed E-state index contributed by atoms with van der Waals surface area (Å²) in [6.45, 7) is 3.68. The summed E-state index contributed by atoms with van der Waals surface area (Å²) in [5.41, 5.74) is 3.81. The van der Waals surface area contributed by atoms with Gasteiger partial charge in [0.2, 0.25) is 5.91 Å². The standard InChI is InChI=1S/C27H27F3N4O4S/c1-14-25(15(2)38-32-14)16-3-4-22-21(11-16)31-27(34(22)17-7-9-39(36,37)10-8-17)23-5-6-24(35)33(23)18-12-19(28)26(30)20(29)13-18/h3-4,11-13,17,23,36-37H,5-10H2,1-2H3/t23-/m0/s1. The highest BCUT2D eigenvalue weighted by Crippen LogP contribution is 2.49. The topological polar surface area (TPSA) is 105 Å². The molecule has 0 radical (unpaired) electrons. The highest BCUT2D eigenvalue weighted by atomic mass is 32.3. The molecule has 1 atom stereocenters. The first-order valence-electron chi connectivity index (χ1n) is 12.7. The number of nitrogens with zero attached hydrogens (tertiary/aromatic N) is 4. The molecule has 0 saturated carbocycles. The SMILES string of the molecule is Cc1noc(C)c1-c1ccc2c(c1)nc([C@@H]1CCC(=O)N1c1cc(F)c(F)c(F)c1)n2C1CCS(O)(O)CC1. The number of carbonyl (C=O) groups is 1. The highest BCUT2D eigenvalue weighted by Gasteiger charge is 2.39. The van der Waals surface area contributed by atoms with Gasteiger partial charge >= 0.3 is 0 Å². The zero-order valence-corrected chi connectivity index (χ0v) is 22.1. The fourth-order valence-corrected chi connectivity index (χ4v) is 7.38. The lowest BCUT2D eigenvalue weighted by molar-refractivity contribution is -0.117. The van der Waals surface area contributed by atoms with Crippen LogP contribution >= 0.6 is 10.6 Å². The molecular weight excluding hydrogens is 533 g/mol. The smallest absolute Gasteiger partial charge is 0.227 e. The van der Waals surface area contributed by atoms with Gasteiger partial charge in [-0.05, 0) is 50.8 Å². The van der Waals surface area contributed by atoms with Crippen LogP contribution in [-0.4, -0.2) is 41.2 Å². The second kappa shape index (κ2) is 9.39. The number of rotatable bonds is 4. The molecule has 4 aromatic rings. The van der Waals surface area contributed by atoms with Crippen LogP contribution in [0.1, 0.15) is 55.0 Å². The van der Waals surface area contributed by atoms with E-state index < -0.39 is 34.1 Å². The summed E-state index contributed by atoms with van der Waals surface area (Å²) in [5.74, 6) is -3.01. The molecule has 2 aromatic carbocycles. The molecule has 0 aliphatic carbocycles. The third-order valence-electron chi connectivity index (χ3n) is 7.72. The van der Waals surface area contributed by atoms with Crippen molar-refractivity contribution in [2.45, 2.75) is 51.6 Å². The predicted molar refractivity (Wildman–Crippen MR) is 141 cm³/mol. The molecule has 2 aliphatic heterocycles. The number of amides is 1. The largest absolute Gasteiger partial charge is 0.361 e. The monoisotopic (exact) mass is 560 g/mol. The number of aromatic nitrogens is 3. The van der Waals surface area contributed by atoms with Crippen LogP contribution in [0.25, 0.3) is 22.2 Å². The van der Waals surface area contributed by atoms with Crippen LogP contribution in [0.4, 0.5) is 18.9 Å². The first kappa shape index (κ1) is 25.9. The highest BCUT2D eigenvalue weighted by molar-refractivity contribution is 8.24. The Morgan fingerprint density at radius 1 is 1.03 bits per heavy atom. The van der Waals surface area contributed by atoms with Crippen LogP contribution in [0.2, 0.25) is 0 Å². The minimum Gasteiger partial charge on any atom is -0.361 e. The molecule has 4 heterocycles. The Bertz CT molecular complexity index is 1570. The second-order valence-electron chi connectivity index (χ2n) is 10.2. The number of anilines is 1. The second-order valence-corrected chi connectivity index (χ2v) is 12.6. The van der Waals surface area contributed by atoms with Gasteiger partial charge in [-0.3, -0.25) is 13.9 Å². The van der Waals surface area contributed by atoms with Crippen molar-refractivity contribution in [2.75, 3.05) is 16.4 Å². The Morgan fingerprint density at radius 3 is 2.36 bits per heavy atom. The van der Waals surface area contributed by atoms with E-state index in [4.69, 9.17) is 9.51 Å². The van der Waals surface area contributed by atoms with Gasteiger partial charge in [0.25, 0.3) is 0 Å². The summed E-state index contributed by atoms with van der Waals surface area (Å²) in [4.78, 5) is 19.2. The number of benzene rings is 2. The number of carbonyl (C=O) groups excluding carboxylic acids is 1. The lowest BCUT2D eigenvalue weighted by atomic mass is 10.0. The van der Waals surface area contributed by atoms with Crippen LogP contribution in [0, 0.1) is 31.3 Å². The Morgan fingerprint density at radius 2 is 1.72 bits per heavy atom. The van der Waals surface area contributed by atoms with Crippen molar-refractivity contribution >= 4 is 33.2 Å². The van der Waals surface area contributed by atoms with Gasteiger partial charge in [0, 0.05) is 41.7 Å². The van der Waals surface area contributed by atoms with Crippen molar-refractivity contribution in [3.05, 3.63) is 65.1 Å². The van der Waals surface area contributed by atoms with E-state index in [1.807, 2.05) is 36.6 Å². The van der Waals surface area contributed by atoms with Gasteiger partial charge < -0.3 is 14.0 Å². The van der Waals surface area contributed by atoms with E-state index in [0.29, 0.717) is 36.4 Å². The molecular formula is C27H27F3N4O4S. The first-order valence-corrected chi connectivity index (χ1v) is 14.6. The Labute approximate surface area is 223 Å². The van der Waals surface area contributed by atoms with E-state index in [1.165, 1.54) is 4.90 Å². The van der Waals surface area contributed by atoms with Crippen molar-refractivity contribution in [1.29, 1.82) is 0 Å². The lowest BCUT2D eigenvalue weighted by Gasteiger charge is -2.40. The first-order chi connectivity index (χ1) is 18.5. The molecule has 6 rings (SSSR count). The van der Waals surface area contributed by atoms with Crippen LogP contribution in [0.3, 0.4) is 0 Å². The lowest BCUT2D eigenvalue weighted by Crippen LogP contribution is -2.31. The van der Waals surface area contributed by atoms with Crippen LogP contribution in [0.5, 0.6) is 0 Å². The van der Waals surface area contributed by atoms with Gasteiger partial charge in [-0.25, -0.2) is 18.2 Å². The molecule has 39 heavy (non-hydrogen) atoms. The molecule has 8 nitrogen and oxygen atoms in total. The van der Waals surface area contributed by atoms with Gasteiger partial charge in [-0.1, -0.05) is 11.2 Å². The summed E-state index contributed by atoms with van der Waals surface area (Å²) >= 11 is 0. The third kappa shape index (κ3) is 4.40. The van der Waals surface area contributed by atoms with Crippen LogP contribution in [-0.2, 0) is 4.79 Å². The van der Waals surface area contributed by atoms with E-state index in [1.54, 1.807) is 0 Å². The maximum atomic E-state index is 14.2. The molecule has 206 valence electrons. The minimum atomic E-state index is -2.65. The van der Waals surface area contributed by atoms with Crippen molar-refractivity contribution in [3.63, 3.8) is 0 Å². The summed E-state index contributed by atoms with van der Waals surface area (Å²) in [6, 6.07) is 6.65. The molecule has 12 heteroatoms. The molecule has 0 bridgehead atoms.